The Kier molecular flexibility index (Phi) is 56.1. The number of allylic oxidation sites excluding steroid dienone is 9. The Morgan fingerprint density at radius 1 is 0.406 bits per heavy atom. The lowest BCUT2D eigenvalue weighted by Crippen LogP contribution is -2.45. The van der Waals surface area contributed by atoms with Gasteiger partial charge in [-0.25, -0.2) is 0 Å². The highest BCUT2D eigenvalue weighted by atomic mass is 16.5. The second-order valence-corrected chi connectivity index (χ2v) is 20.3. The van der Waals surface area contributed by atoms with Gasteiger partial charge in [-0.3, -0.25) is 9.59 Å². The molecule has 2 atom stereocenters. The molecule has 0 aromatic rings. The number of aliphatic hydroxyl groups is 2. The van der Waals surface area contributed by atoms with E-state index in [2.05, 4.69) is 67.8 Å². The van der Waals surface area contributed by atoms with Crippen LogP contribution in [0.1, 0.15) is 303 Å². The Hall–Kier alpha value is -2.44. The highest BCUT2D eigenvalue weighted by Gasteiger charge is 2.18. The summed E-state index contributed by atoms with van der Waals surface area (Å²) in [5.74, 6) is -0.0875. The molecule has 0 aromatic carbocycles. The first-order valence-electron chi connectivity index (χ1n) is 30.1. The molecule has 0 rings (SSSR count). The maximum absolute atomic E-state index is 12.4. The smallest absolute Gasteiger partial charge is 0.305 e. The van der Waals surface area contributed by atoms with Crippen LogP contribution in [0.5, 0.6) is 0 Å². The number of unbranched alkanes of at least 4 members (excludes halogenated alkanes) is 36. The summed E-state index contributed by atoms with van der Waals surface area (Å²) in [6.45, 7) is 4.86. The Morgan fingerprint density at radius 2 is 0.725 bits per heavy atom. The standard InChI is InChI=1S/C63H115NO5/c1-3-5-7-9-11-13-15-17-28-33-37-41-45-49-53-57-63(68)69-58-54-50-46-42-38-34-30-27-25-23-21-19-20-22-24-26-29-32-36-40-44-48-52-56-62(67)64-60(59-65)61(66)55-51-47-43-39-35-31-18-16-14-12-10-8-6-4-2/h11,13,17,19,21-22,24,28,51,55,60-61,65-66H,3-10,12,14-16,18,20,23,25-27,29-50,52-54,56-59H2,1-2H3,(H,64,67)/b13-11-,21-19-,24-22-,28-17-,55-51+. The van der Waals surface area contributed by atoms with Crippen LogP contribution < -0.4 is 5.32 Å². The van der Waals surface area contributed by atoms with Gasteiger partial charge in [0.15, 0.2) is 0 Å². The number of carbonyl (C=O) groups is 2. The lowest BCUT2D eigenvalue weighted by molar-refractivity contribution is -0.143. The van der Waals surface area contributed by atoms with Gasteiger partial charge in [-0.2, -0.15) is 0 Å². The Bertz CT molecular complexity index is 1210. The zero-order valence-electron chi connectivity index (χ0n) is 45.8. The molecule has 0 spiro atoms. The predicted molar refractivity (Wildman–Crippen MR) is 301 cm³/mol. The summed E-state index contributed by atoms with van der Waals surface area (Å²) >= 11 is 0. The van der Waals surface area contributed by atoms with E-state index < -0.39 is 12.1 Å². The molecule has 0 aliphatic carbocycles. The SMILES string of the molecule is CCCCC/C=C\C/C=C\CCCCCCCC(=O)OCCCCCCCCCCC/C=C\C/C=C\CCCCCCCCCC(=O)NC(CO)C(O)/C=C/CCCCCCCCCCCCCC. The molecule has 0 aliphatic heterocycles. The molecular weight excluding hydrogens is 851 g/mol. The van der Waals surface area contributed by atoms with Crippen LogP contribution in [0.2, 0.25) is 0 Å². The number of hydrogen-bond acceptors (Lipinski definition) is 5. The normalized spacial score (nSPS) is 13.0. The fourth-order valence-electron chi connectivity index (χ4n) is 8.87. The van der Waals surface area contributed by atoms with E-state index in [1.54, 1.807) is 6.08 Å². The minimum Gasteiger partial charge on any atom is -0.466 e. The molecule has 0 aliphatic rings. The van der Waals surface area contributed by atoms with Crippen molar-refractivity contribution in [1.29, 1.82) is 0 Å². The second-order valence-electron chi connectivity index (χ2n) is 20.3. The van der Waals surface area contributed by atoms with Crippen molar-refractivity contribution in [3.8, 4) is 0 Å². The lowest BCUT2D eigenvalue weighted by atomic mass is 10.0. The molecule has 0 bridgehead atoms. The van der Waals surface area contributed by atoms with E-state index in [4.69, 9.17) is 4.74 Å². The Morgan fingerprint density at radius 3 is 1.13 bits per heavy atom. The molecule has 6 nitrogen and oxygen atoms in total. The highest BCUT2D eigenvalue weighted by molar-refractivity contribution is 5.76. The highest BCUT2D eigenvalue weighted by Crippen LogP contribution is 2.15. The zero-order chi connectivity index (χ0) is 50.0. The van der Waals surface area contributed by atoms with Crippen LogP contribution in [0.15, 0.2) is 60.8 Å². The molecule has 1 amide bonds. The van der Waals surface area contributed by atoms with Gasteiger partial charge in [0.1, 0.15) is 0 Å². The van der Waals surface area contributed by atoms with Gasteiger partial charge in [-0.15, -0.1) is 0 Å². The summed E-state index contributed by atoms with van der Waals surface area (Å²) in [6, 6.07) is -0.636. The summed E-state index contributed by atoms with van der Waals surface area (Å²) in [7, 11) is 0. The molecule has 69 heavy (non-hydrogen) atoms. The number of ether oxygens (including phenoxy) is 1. The number of esters is 1. The van der Waals surface area contributed by atoms with Gasteiger partial charge < -0.3 is 20.3 Å². The average molecular weight is 967 g/mol. The number of amides is 1. The lowest BCUT2D eigenvalue weighted by Gasteiger charge is -2.20. The van der Waals surface area contributed by atoms with Gasteiger partial charge in [-0.05, 0) is 96.3 Å². The van der Waals surface area contributed by atoms with Crippen molar-refractivity contribution < 1.29 is 24.5 Å². The third-order valence-electron chi connectivity index (χ3n) is 13.5. The van der Waals surface area contributed by atoms with Gasteiger partial charge in [-0.1, -0.05) is 254 Å². The number of aliphatic hydroxyl groups excluding tert-OH is 2. The summed E-state index contributed by atoms with van der Waals surface area (Å²) < 4.78 is 5.47. The van der Waals surface area contributed by atoms with Crippen LogP contribution in [0.3, 0.4) is 0 Å². The van der Waals surface area contributed by atoms with E-state index in [1.807, 2.05) is 6.08 Å². The van der Waals surface area contributed by atoms with Crippen LogP contribution in [0, 0.1) is 0 Å². The molecule has 0 aromatic heterocycles. The molecule has 0 radical (unpaired) electrons. The quantitative estimate of drug-likeness (QED) is 0.0321. The fourth-order valence-corrected chi connectivity index (χ4v) is 8.87. The molecular formula is C63H115NO5. The monoisotopic (exact) mass is 966 g/mol. The topological polar surface area (TPSA) is 95.9 Å². The maximum atomic E-state index is 12.4. The summed E-state index contributed by atoms with van der Waals surface area (Å²) in [5.41, 5.74) is 0. The van der Waals surface area contributed by atoms with E-state index >= 15 is 0 Å². The minimum atomic E-state index is -0.852. The summed E-state index contributed by atoms with van der Waals surface area (Å²) in [4.78, 5) is 24.5. The van der Waals surface area contributed by atoms with Crippen molar-refractivity contribution in [2.45, 2.75) is 315 Å². The zero-order valence-corrected chi connectivity index (χ0v) is 45.8. The van der Waals surface area contributed by atoms with Crippen molar-refractivity contribution in [3.05, 3.63) is 60.8 Å². The first kappa shape index (κ1) is 66.6. The largest absolute Gasteiger partial charge is 0.466 e. The van der Waals surface area contributed by atoms with Gasteiger partial charge >= 0.3 is 5.97 Å². The fraction of sp³-hybridized carbons (Fsp3) is 0.810. The van der Waals surface area contributed by atoms with Crippen LogP contribution in [0.25, 0.3) is 0 Å². The van der Waals surface area contributed by atoms with Crippen molar-refractivity contribution in [2.24, 2.45) is 0 Å². The third-order valence-corrected chi connectivity index (χ3v) is 13.5. The van der Waals surface area contributed by atoms with E-state index in [0.29, 0.717) is 19.4 Å². The second kappa shape index (κ2) is 58.1. The minimum absolute atomic E-state index is 0.00825. The first-order valence-corrected chi connectivity index (χ1v) is 30.1. The molecule has 0 saturated heterocycles. The van der Waals surface area contributed by atoms with Crippen molar-refractivity contribution in [1.82, 2.24) is 5.32 Å². The number of rotatable bonds is 55. The third kappa shape index (κ3) is 54.7. The number of nitrogens with one attached hydrogen (secondary N) is 1. The van der Waals surface area contributed by atoms with Crippen LogP contribution in [-0.4, -0.2) is 47.4 Å². The van der Waals surface area contributed by atoms with Crippen molar-refractivity contribution in [3.63, 3.8) is 0 Å². The molecule has 0 saturated carbocycles. The number of hydrogen-bond donors (Lipinski definition) is 3. The van der Waals surface area contributed by atoms with E-state index in [-0.39, 0.29) is 18.5 Å². The number of carbonyl (C=O) groups excluding carboxylic acids is 2. The molecule has 6 heteroatoms. The van der Waals surface area contributed by atoms with E-state index in [9.17, 15) is 19.8 Å². The summed E-state index contributed by atoms with van der Waals surface area (Å²) in [5, 5.41) is 23.1. The van der Waals surface area contributed by atoms with Crippen LogP contribution in [0.4, 0.5) is 0 Å². The molecule has 3 N–H and O–H groups in total. The predicted octanol–water partition coefficient (Wildman–Crippen LogP) is 18.7. The maximum Gasteiger partial charge on any atom is 0.305 e. The van der Waals surface area contributed by atoms with Gasteiger partial charge in [0.25, 0.3) is 0 Å². The van der Waals surface area contributed by atoms with Gasteiger partial charge in [0, 0.05) is 12.8 Å². The molecule has 402 valence electrons. The summed E-state index contributed by atoms with van der Waals surface area (Å²) in [6.07, 6.45) is 75.3. The van der Waals surface area contributed by atoms with E-state index in [1.165, 1.54) is 205 Å². The van der Waals surface area contributed by atoms with Crippen molar-refractivity contribution in [2.75, 3.05) is 13.2 Å². The van der Waals surface area contributed by atoms with Crippen LogP contribution >= 0.6 is 0 Å². The first-order chi connectivity index (χ1) is 34.0. The van der Waals surface area contributed by atoms with Crippen LogP contribution in [-0.2, 0) is 14.3 Å². The van der Waals surface area contributed by atoms with Crippen molar-refractivity contribution >= 4 is 11.9 Å². The van der Waals surface area contributed by atoms with Gasteiger partial charge in [0.05, 0.1) is 25.4 Å². The Labute approximate surface area is 428 Å². The Balaban J connectivity index is 3.48. The molecule has 2 unspecified atom stereocenters. The molecule has 0 heterocycles. The van der Waals surface area contributed by atoms with Gasteiger partial charge in [0.2, 0.25) is 5.91 Å². The molecule has 0 fully saturated rings. The average Bonchev–Trinajstić information content (AvgIpc) is 3.35. The van der Waals surface area contributed by atoms with E-state index in [0.717, 1.165) is 70.6 Å².